The molecule has 1 aliphatic rings. The van der Waals surface area contributed by atoms with Gasteiger partial charge in [0.05, 0.1) is 5.54 Å². The maximum atomic E-state index is 13.4. The normalized spacial score (nSPS) is 17.9. The lowest BCUT2D eigenvalue weighted by molar-refractivity contribution is -0.126. The molecule has 1 aromatic rings. The highest BCUT2D eigenvalue weighted by Gasteiger charge is 2.39. The smallest absolute Gasteiger partial charge is 0.157 e. The largest absolute Gasteiger partial charge is 0.319 e. The minimum atomic E-state index is -0.727. The second kappa shape index (κ2) is 4.15. The van der Waals surface area contributed by atoms with Gasteiger partial charge in [0.25, 0.3) is 0 Å². The van der Waals surface area contributed by atoms with Crippen molar-refractivity contribution in [2.75, 3.05) is 0 Å². The van der Waals surface area contributed by atoms with Gasteiger partial charge in [-0.15, -0.1) is 0 Å². The molecule has 1 aromatic carbocycles. The fourth-order valence-corrected chi connectivity index (χ4v) is 2.06. The summed E-state index contributed by atoms with van der Waals surface area (Å²) in [6.07, 6.45) is 2.41. The van der Waals surface area contributed by atoms with Crippen molar-refractivity contribution in [3.63, 3.8) is 0 Å². The van der Waals surface area contributed by atoms with E-state index < -0.39 is 11.4 Å². The van der Waals surface area contributed by atoms with Crippen molar-refractivity contribution in [1.82, 2.24) is 0 Å². The molecule has 1 aliphatic carbocycles. The molecule has 16 heavy (non-hydrogen) atoms. The zero-order chi connectivity index (χ0) is 11.8. The molecule has 0 heterocycles. The number of ketones is 1. The van der Waals surface area contributed by atoms with Crippen LogP contribution in [0.5, 0.6) is 0 Å². The number of carbonyl (C=O) groups excluding carboxylic acids is 1. The van der Waals surface area contributed by atoms with Gasteiger partial charge in [-0.25, -0.2) is 4.39 Å². The Hall–Kier alpha value is -0.930. The van der Waals surface area contributed by atoms with E-state index in [0.717, 1.165) is 6.42 Å². The highest BCUT2D eigenvalue weighted by atomic mass is 35.5. The molecule has 0 aliphatic heterocycles. The summed E-state index contributed by atoms with van der Waals surface area (Å²) in [5.74, 6) is -0.499. The van der Waals surface area contributed by atoms with Gasteiger partial charge in [0, 0.05) is 11.4 Å². The van der Waals surface area contributed by atoms with Gasteiger partial charge in [0.15, 0.2) is 5.78 Å². The van der Waals surface area contributed by atoms with Gasteiger partial charge < -0.3 is 5.73 Å². The van der Waals surface area contributed by atoms with Crippen LogP contribution in [0.4, 0.5) is 4.39 Å². The van der Waals surface area contributed by atoms with Crippen LogP contribution < -0.4 is 5.73 Å². The van der Waals surface area contributed by atoms with Crippen molar-refractivity contribution in [2.45, 2.75) is 31.2 Å². The molecule has 0 bridgehead atoms. The topological polar surface area (TPSA) is 43.1 Å². The quantitative estimate of drug-likeness (QED) is 0.884. The predicted molar refractivity (Wildman–Crippen MR) is 60.9 cm³/mol. The lowest BCUT2D eigenvalue weighted by Crippen LogP contribution is -2.54. The number of carbonyl (C=O) groups is 1. The molecule has 2 nitrogen and oxygen atoms in total. The van der Waals surface area contributed by atoms with Gasteiger partial charge in [-0.05, 0) is 43.0 Å². The average molecular weight is 242 g/mol. The van der Waals surface area contributed by atoms with Crippen LogP contribution in [0.1, 0.15) is 24.8 Å². The summed E-state index contributed by atoms with van der Waals surface area (Å²) in [7, 11) is 0. The summed E-state index contributed by atoms with van der Waals surface area (Å²) < 4.78 is 13.4. The number of halogens is 2. The lowest BCUT2D eigenvalue weighted by atomic mass is 9.73. The third-order valence-electron chi connectivity index (χ3n) is 3.16. The minimum absolute atomic E-state index is 0.0306. The number of Topliss-reactive ketones (excluding diaryl/α,β-unsaturated/α-hetero) is 1. The van der Waals surface area contributed by atoms with Gasteiger partial charge in [-0.2, -0.15) is 0 Å². The van der Waals surface area contributed by atoms with Gasteiger partial charge in [0.1, 0.15) is 5.82 Å². The number of hydrogen-bond acceptors (Lipinski definition) is 2. The van der Waals surface area contributed by atoms with E-state index in [0.29, 0.717) is 23.4 Å². The maximum absolute atomic E-state index is 13.4. The van der Waals surface area contributed by atoms with Crippen molar-refractivity contribution in [2.24, 2.45) is 5.73 Å². The standard InChI is InChI=1S/C12H13ClFNO/c13-9-2-3-10(14)8(6-9)7-11(16)12(15)4-1-5-12/h2-3,6H,1,4-5,7,15H2. The van der Waals surface area contributed by atoms with Crippen molar-refractivity contribution >= 4 is 17.4 Å². The highest BCUT2D eigenvalue weighted by Crippen LogP contribution is 2.31. The van der Waals surface area contributed by atoms with Crippen LogP contribution in [0.2, 0.25) is 5.02 Å². The molecule has 0 spiro atoms. The molecule has 0 amide bonds. The second-order valence-electron chi connectivity index (χ2n) is 4.35. The molecular weight excluding hydrogens is 229 g/mol. The average Bonchev–Trinajstić information content (AvgIpc) is 2.20. The van der Waals surface area contributed by atoms with Crippen LogP contribution in [0.25, 0.3) is 0 Å². The first kappa shape index (κ1) is 11.6. The molecule has 0 radical (unpaired) electrons. The molecule has 1 fully saturated rings. The van der Waals surface area contributed by atoms with E-state index in [9.17, 15) is 9.18 Å². The van der Waals surface area contributed by atoms with Crippen LogP contribution in [0.15, 0.2) is 18.2 Å². The summed E-state index contributed by atoms with van der Waals surface area (Å²) in [6, 6.07) is 4.22. The molecule has 2 rings (SSSR count). The summed E-state index contributed by atoms with van der Waals surface area (Å²) in [5, 5.41) is 0.434. The fourth-order valence-electron chi connectivity index (χ4n) is 1.86. The Labute approximate surface area is 98.6 Å². The van der Waals surface area contributed by atoms with Crippen LogP contribution in [-0.2, 0) is 11.2 Å². The Morgan fingerprint density at radius 1 is 1.50 bits per heavy atom. The Balaban J connectivity index is 2.14. The monoisotopic (exact) mass is 241 g/mol. The van der Waals surface area contributed by atoms with E-state index in [2.05, 4.69) is 0 Å². The molecular formula is C12H13ClFNO. The van der Waals surface area contributed by atoms with Gasteiger partial charge >= 0.3 is 0 Å². The molecule has 4 heteroatoms. The van der Waals surface area contributed by atoms with Crippen molar-refractivity contribution < 1.29 is 9.18 Å². The van der Waals surface area contributed by atoms with Crippen LogP contribution >= 0.6 is 11.6 Å². The van der Waals surface area contributed by atoms with E-state index in [1.165, 1.54) is 18.2 Å². The number of rotatable bonds is 3. The summed E-state index contributed by atoms with van der Waals surface area (Å²) >= 11 is 5.75. The Kier molecular flexibility index (Phi) is 3.00. The number of nitrogens with two attached hydrogens (primary N) is 1. The molecule has 86 valence electrons. The third kappa shape index (κ3) is 2.11. The first-order valence-corrected chi connectivity index (χ1v) is 5.65. The highest BCUT2D eigenvalue weighted by molar-refractivity contribution is 6.30. The third-order valence-corrected chi connectivity index (χ3v) is 3.39. The summed E-state index contributed by atoms with van der Waals surface area (Å²) in [4.78, 5) is 11.8. The van der Waals surface area contributed by atoms with Crippen LogP contribution in [0.3, 0.4) is 0 Å². The zero-order valence-corrected chi connectivity index (χ0v) is 9.56. The second-order valence-corrected chi connectivity index (χ2v) is 4.78. The van der Waals surface area contributed by atoms with Gasteiger partial charge in [-0.1, -0.05) is 11.6 Å². The number of benzene rings is 1. The first-order chi connectivity index (χ1) is 7.51. The van der Waals surface area contributed by atoms with Crippen molar-refractivity contribution in [1.29, 1.82) is 0 Å². The van der Waals surface area contributed by atoms with E-state index in [4.69, 9.17) is 17.3 Å². The molecule has 0 saturated heterocycles. The number of hydrogen-bond donors (Lipinski definition) is 1. The summed E-state index contributed by atoms with van der Waals surface area (Å²) in [5.41, 5.74) is 5.48. The Bertz CT molecular complexity index is 429. The minimum Gasteiger partial charge on any atom is -0.319 e. The molecule has 0 unspecified atom stereocenters. The van der Waals surface area contributed by atoms with Gasteiger partial charge in [0.2, 0.25) is 0 Å². The van der Waals surface area contributed by atoms with Crippen LogP contribution in [-0.4, -0.2) is 11.3 Å². The van der Waals surface area contributed by atoms with E-state index in [-0.39, 0.29) is 12.2 Å². The van der Waals surface area contributed by atoms with E-state index >= 15 is 0 Å². The SMILES string of the molecule is NC1(C(=O)Cc2cc(Cl)ccc2F)CCC1. The van der Waals surface area contributed by atoms with E-state index in [1.54, 1.807) is 0 Å². The van der Waals surface area contributed by atoms with Crippen LogP contribution in [0, 0.1) is 5.82 Å². The maximum Gasteiger partial charge on any atom is 0.157 e. The molecule has 0 aromatic heterocycles. The Morgan fingerprint density at radius 3 is 2.75 bits per heavy atom. The van der Waals surface area contributed by atoms with Crippen molar-refractivity contribution in [3.8, 4) is 0 Å². The van der Waals surface area contributed by atoms with Crippen molar-refractivity contribution in [3.05, 3.63) is 34.6 Å². The Morgan fingerprint density at radius 2 is 2.19 bits per heavy atom. The fraction of sp³-hybridized carbons (Fsp3) is 0.417. The lowest BCUT2D eigenvalue weighted by Gasteiger charge is -2.36. The molecule has 1 saturated carbocycles. The van der Waals surface area contributed by atoms with Gasteiger partial charge in [-0.3, -0.25) is 4.79 Å². The van der Waals surface area contributed by atoms with E-state index in [1.807, 2.05) is 0 Å². The predicted octanol–water partition coefficient (Wildman–Crippen LogP) is 2.47. The molecule has 0 atom stereocenters. The first-order valence-electron chi connectivity index (χ1n) is 5.27. The zero-order valence-electron chi connectivity index (χ0n) is 8.80. The summed E-state index contributed by atoms with van der Waals surface area (Å²) in [6.45, 7) is 0. The molecule has 2 N–H and O–H groups in total.